The lowest BCUT2D eigenvalue weighted by molar-refractivity contribution is 0.962. The van der Waals surface area contributed by atoms with Gasteiger partial charge in [-0.25, -0.2) is 4.98 Å². The standard InChI is InChI=1S/C7H10N2S/c1-3-6-5(2)7(10)9-4-8-6/h4H,3H2,1-2H3,(H,8,9,10). The Kier molecular flexibility index (Phi) is 2.17. The van der Waals surface area contributed by atoms with Crippen molar-refractivity contribution in [3.63, 3.8) is 0 Å². The second-order valence-electron chi connectivity index (χ2n) is 2.16. The van der Waals surface area contributed by atoms with Crippen molar-refractivity contribution in [2.24, 2.45) is 0 Å². The number of aromatic amines is 1. The molecule has 1 aromatic heterocycles. The van der Waals surface area contributed by atoms with E-state index in [-0.39, 0.29) is 0 Å². The molecule has 2 nitrogen and oxygen atoms in total. The second kappa shape index (κ2) is 2.92. The van der Waals surface area contributed by atoms with Crippen LogP contribution >= 0.6 is 12.2 Å². The normalized spacial score (nSPS) is 9.80. The predicted octanol–water partition coefficient (Wildman–Crippen LogP) is 2.01. The van der Waals surface area contributed by atoms with Crippen LogP contribution in [0.2, 0.25) is 0 Å². The molecule has 0 radical (unpaired) electrons. The molecule has 0 saturated heterocycles. The lowest BCUT2D eigenvalue weighted by Gasteiger charge is -1.99. The van der Waals surface area contributed by atoms with Crippen LogP contribution in [-0.2, 0) is 6.42 Å². The van der Waals surface area contributed by atoms with E-state index in [0.29, 0.717) is 4.64 Å². The Morgan fingerprint density at radius 1 is 1.70 bits per heavy atom. The van der Waals surface area contributed by atoms with Crippen molar-refractivity contribution in [2.75, 3.05) is 0 Å². The van der Waals surface area contributed by atoms with E-state index in [1.807, 2.05) is 6.92 Å². The summed E-state index contributed by atoms with van der Waals surface area (Å²) in [6.45, 7) is 4.08. The second-order valence-corrected chi connectivity index (χ2v) is 2.55. The van der Waals surface area contributed by atoms with E-state index in [2.05, 4.69) is 16.9 Å². The Morgan fingerprint density at radius 3 is 2.90 bits per heavy atom. The minimum absolute atomic E-state index is 0.704. The molecular weight excluding hydrogens is 144 g/mol. The highest BCUT2D eigenvalue weighted by Gasteiger charge is 1.95. The minimum Gasteiger partial charge on any atom is -0.349 e. The number of aromatic nitrogens is 2. The molecule has 1 rings (SSSR count). The van der Waals surface area contributed by atoms with Crippen molar-refractivity contribution in [1.29, 1.82) is 0 Å². The van der Waals surface area contributed by atoms with E-state index in [0.717, 1.165) is 12.0 Å². The SMILES string of the molecule is CCc1[nH]cnc(=S)c1C. The summed E-state index contributed by atoms with van der Waals surface area (Å²) < 4.78 is 0.704. The van der Waals surface area contributed by atoms with E-state index in [9.17, 15) is 0 Å². The molecule has 10 heavy (non-hydrogen) atoms. The van der Waals surface area contributed by atoms with Crippen LogP contribution in [0.15, 0.2) is 6.33 Å². The molecule has 54 valence electrons. The number of nitrogens with one attached hydrogen (secondary N) is 1. The van der Waals surface area contributed by atoms with E-state index < -0.39 is 0 Å². The van der Waals surface area contributed by atoms with Crippen LogP contribution in [-0.4, -0.2) is 9.97 Å². The van der Waals surface area contributed by atoms with Crippen molar-refractivity contribution < 1.29 is 0 Å². The molecule has 0 unspecified atom stereocenters. The Hall–Kier alpha value is -0.700. The van der Waals surface area contributed by atoms with E-state index in [4.69, 9.17) is 12.2 Å². The van der Waals surface area contributed by atoms with Crippen LogP contribution in [0.3, 0.4) is 0 Å². The Balaban J connectivity index is 3.28. The lowest BCUT2D eigenvalue weighted by Crippen LogP contribution is -1.93. The van der Waals surface area contributed by atoms with Gasteiger partial charge in [-0.15, -0.1) is 0 Å². The fourth-order valence-electron chi connectivity index (χ4n) is 0.870. The fraction of sp³-hybridized carbons (Fsp3) is 0.429. The number of aryl methyl sites for hydroxylation is 1. The van der Waals surface area contributed by atoms with Crippen LogP contribution in [0.5, 0.6) is 0 Å². The zero-order valence-corrected chi connectivity index (χ0v) is 6.96. The van der Waals surface area contributed by atoms with Gasteiger partial charge in [0.1, 0.15) is 4.64 Å². The third-order valence-electron chi connectivity index (χ3n) is 1.55. The molecule has 0 spiro atoms. The highest BCUT2D eigenvalue weighted by Crippen LogP contribution is 2.03. The molecule has 0 atom stereocenters. The minimum atomic E-state index is 0.704. The maximum Gasteiger partial charge on any atom is 0.132 e. The molecule has 3 heteroatoms. The zero-order chi connectivity index (χ0) is 7.56. The van der Waals surface area contributed by atoms with Gasteiger partial charge in [-0.3, -0.25) is 0 Å². The molecular formula is C7H10N2S. The summed E-state index contributed by atoms with van der Waals surface area (Å²) in [5.41, 5.74) is 2.28. The van der Waals surface area contributed by atoms with Crippen LogP contribution in [0.25, 0.3) is 0 Å². The fourth-order valence-corrected chi connectivity index (χ4v) is 1.05. The van der Waals surface area contributed by atoms with Crippen LogP contribution in [0, 0.1) is 11.6 Å². The maximum absolute atomic E-state index is 4.98. The largest absolute Gasteiger partial charge is 0.349 e. The highest BCUT2D eigenvalue weighted by molar-refractivity contribution is 7.71. The molecule has 0 aliphatic carbocycles. The van der Waals surface area contributed by atoms with Crippen LogP contribution in [0.4, 0.5) is 0 Å². The van der Waals surface area contributed by atoms with Crippen molar-refractivity contribution in [3.05, 3.63) is 22.2 Å². The maximum atomic E-state index is 4.98. The summed E-state index contributed by atoms with van der Waals surface area (Å²) in [4.78, 5) is 7.00. The van der Waals surface area contributed by atoms with Crippen molar-refractivity contribution >= 4 is 12.2 Å². The summed E-state index contributed by atoms with van der Waals surface area (Å²) in [5.74, 6) is 0. The summed E-state index contributed by atoms with van der Waals surface area (Å²) >= 11 is 4.98. The summed E-state index contributed by atoms with van der Waals surface area (Å²) in [6, 6.07) is 0. The Morgan fingerprint density at radius 2 is 2.40 bits per heavy atom. The van der Waals surface area contributed by atoms with E-state index >= 15 is 0 Å². The first-order valence-electron chi connectivity index (χ1n) is 3.29. The first-order chi connectivity index (χ1) is 4.75. The molecule has 1 aromatic rings. The Bertz CT molecular complexity index is 277. The van der Waals surface area contributed by atoms with Gasteiger partial charge in [0.25, 0.3) is 0 Å². The van der Waals surface area contributed by atoms with Gasteiger partial charge in [-0.1, -0.05) is 19.1 Å². The van der Waals surface area contributed by atoms with Crippen molar-refractivity contribution in [2.45, 2.75) is 20.3 Å². The molecule has 0 aliphatic rings. The van der Waals surface area contributed by atoms with Gasteiger partial charge in [0, 0.05) is 11.3 Å². The average Bonchev–Trinajstić information content (AvgIpc) is 1.95. The van der Waals surface area contributed by atoms with Gasteiger partial charge in [0.15, 0.2) is 0 Å². The van der Waals surface area contributed by atoms with Gasteiger partial charge in [0.2, 0.25) is 0 Å². The van der Waals surface area contributed by atoms with Gasteiger partial charge in [0.05, 0.1) is 6.33 Å². The van der Waals surface area contributed by atoms with Crippen molar-refractivity contribution in [3.8, 4) is 0 Å². The average molecular weight is 154 g/mol. The Labute approximate surface area is 65.3 Å². The van der Waals surface area contributed by atoms with Gasteiger partial charge < -0.3 is 4.98 Å². The topological polar surface area (TPSA) is 28.7 Å². The van der Waals surface area contributed by atoms with Gasteiger partial charge in [-0.05, 0) is 13.3 Å². The molecule has 0 amide bonds. The van der Waals surface area contributed by atoms with Gasteiger partial charge in [-0.2, -0.15) is 0 Å². The first-order valence-corrected chi connectivity index (χ1v) is 3.69. The molecule has 0 fully saturated rings. The summed E-state index contributed by atoms with van der Waals surface area (Å²) in [5, 5.41) is 0. The molecule has 0 aliphatic heterocycles. The molecule has 1 N–H and O–H groups in total. The van der Waals surface area contributed by atoms with E-state index in [1.54, 1.807) is 6.33 Å². The van der Waals surface area contributed by atoms with Crippen LogP contribution < -0.4 is 0 Å². The quantitative estimate of drug-likeness (QED) is 0.627. The molecule has 0 bridgehead atoms. The van der Waals surface area contributed by atoms with Gasteiger partial charge >= 0.3 is 0 Å². The molecule has 1 heterocycles. The number of H-pyrrole nitrogens is 1. The smallest absolute Gasteiger partial charge is 0.132 e. The van der Waals surface area contributed by atoms with E-state index in [1.165, 1.54) is 5.69 Å². The number of hydrogen-bond donors (Lipinski definition) is 1. The zero-order valence-electron chi connectivity index (χ0n) is 6.14. The lowest BCUT2D eigenvalue weighted by atomic mass is 10.2. The first kappa shape index (κ1) is 7.41. The third kappa shape index (κ3) is 1.24. The summed E-state index contributed by atoms with van der Waals surface area (Å²) in [7, 11) is 0. The third-order valence-corrected chi connectivity index (χ3v) is 1.96. The molecule has 0 saturated carbocycles. The monoisotopic (exact) mass is 154 g/mol. The van der Waals surface area contributed by atoms with Crippen molar-refractivity contribution in [1.82, 2.24) is 9.97 Å². The number of hydrogen-bond acceptors (Lipinski definition) is 2. The predicted molar refractivity (Wildman–Crippen MR) is 43.5 cm³/mol. The highest BCUT2D eigenvalue weighted by atomic mass is 32.1. The van der Waals surface area contributed by atoms with Crippen LogP contribution in [0.1, 0.15) is 18.2 Å². The number of rotatable bonds is 1. The molecule has 0 aromatic carbocycles. The number of nitrogens with zero attached hydrogens (tertiary/aromatic N) is 1. The summed E-state index contributed by atoms with van der Waals surface area (Å²) in [6.07, 6.45) is 2.63.